The number of nitrogens with one attached hydrogen (secondary N) is 1. The maximum absolute atomic E-state index is 11.7. The molecule has 0 saturated heterocycles. The fraction of sp³-hybridized carbons (Fsp3) is 0.250. The van der Waals surface area contributed by atoms with Gasteiger partial charge in [0.2, 0.25) is 5.91 Å². The van der Waals surface area contributed by atoms with E-state index in [1.807, 2.05) is 19.1 Å². The normalized spacial score (nSPS) is 12.1. The predicted octanol–water partition coefficient (Wildman–Crippen LogP) is 1.16. The number of rotatable bonds is 4. The second-order valence-electron chi connectivity index (χ2n) is 3.78. The molecule has 1 atom stereocenters. The molecule has 0 aliphatic rings. The van der Waals surface area contributed by atoms with Crippen LogP contribution < -0.4 is 5.32 Å². The highest BCUT2D eigenvalue weighted by atomic mass is 16.2. The van der Waals surface area contributed by atoms with Crippen molar-refractivity contribution in [2.75, 3.05) is 0 Å². The Bertz CT molecular complexity index is 467. The second kappa shape index (κ2) is 5.25. The van der Waals surface area contributed by atoms with E-state index in [-0.39, 0.29) is 18.5 Å². The fourth-order valence-electron chi connectivity index (χ4n) is 1.54. The van der Waals surface area contributed by atoms with Crippen LogP contribution in [-0.2, 0) is 11.3 Å². The van der Waals surface area contributed by atoms with Gasteiger partial charge in [-0.3, -0.25) is 14.5 Å². The molecule has 0 aliphatic heterocycles. The van der Waals surface area contributed by atoms with Gasteiger partial charge >= 0.3 is 0 Å². The van der Waals surface area contributed by atoms with Crippen LogP contribution in [0.1, 0.15) is 18.5 Å². The summed E-state index contributed by atoms with van der Waals surface area (Å²) in [4.78, 5) is 15.7. The van der Waals surface area contributed by atoms with Crippen molar-refractivity contribution in [2.45, 2.75) is 19.5 Å². The zero-order chi connectivity index (χ0) is 12.1. The topological polar surface area (TPSA) is 59.8 Å². The quantitative estimate of drug-likeness (QED) is 0.857. The Morgan fingerprint density at radius 1 is 1.47 bits per heavy atom. The SMILES string of the molecule is C[C@H](NC(=O)Cn1cccn1)c1cccnc1. The Morgan fingerprint density at radius 2 is 2.35 bits per heavy atom. The average molecular weight is 230 g/mol. The van der Waals surface area contributed by atoms with E-state index >= 15 is 0 Å². The molecule has 2 rings (SSSR count). The summed E-state index contributed by atoms with van der Waals surface area (Å²) in [7, 11) is 0. The molecule has 0 spiro atoms. The molecular formula is C12H14N4O. The molecule has 0 aliphatic carbocycles. The minimum absolute atomic E-state index is 0.0493. The van der Waals surface area contributed by atoms with Gasteiger partial charge in [-0.25, -0.2) is 0 Å². The Labute approximate surface area is 99.5 Å². The highest BCUT2D eigenvalue weighted by Gasteiger charge is 2.09. The number of aromatic nitrogens is 3. The van der Waals surface area contributed by atoms with Crippen molar-refractivity contribution in [3.05, 3.63) is 48.5 Å². The summed E-state index contributed by atoms with van der Waals surface area (Å²) in [6.45, 7) is 2.16. The van der Waals surface area contributed by atoms with Crippen LogP contribution in [0, 0.1) is 0 Å². The van der Waals surface area contributed by atoms with Crippen molar-refractivity contribution in [2.24, 2.45) is 0 Å². The lowest BCUT2D eigenvalue weighted by Crippen LogP contribution is -2.30. The lowest BCUT2D eigenvalue weighted by Gasteiger charge is -2.13. The van der Waals surface area contributed by atoms with Gasteiger partial charge in [-0.1, -0.05) is 6.07 Å². The number of carbonyl (C=O) groups is 1. The number of nitrogens with zero attached hydrogens (tertiary/aromatic N) is 3. The van der Waals surface area contributed by atoms with E-state index < -0.39 is 0 Å². The van der Waals surface area contributed by atoms with Gasteiger partial charge in [0.25, 0.3) is 0 Å². The predicted molar refractivity (Wildman–Crippen MR) is 63.0 cm³/mol. The molecule has 0 unspecified atom stereocenters. The summed E-state index contributed by atoms with van der Waals surface area (Å²) < 4.78 is 1.59. The van der Waals surface area contributed by atoms with Gasteiger partial charge in [-0.15, -0.1) is 0 Å². The van der Waals surface area contributed by atoms with E-state index in [0.717, 1.165) is 5.56 Å². The fourth-order valence-corrected chi connectivity index (χ4v) is 1.54. The molecule has 88 valence electrons. The molecule has 5 nitrogen and oxygen atoms in total. The lowest BCUT2D eigenvalue weighted by molar-refractivity contribution is -0.122. The van der Waals surface area contributed by atoms with Crippen LogP contribution >= 0.6 is 0 Å². The Balaban J connectivity index is 1.91. The highest BCUT2D eigenvalue weighted by molar-refractivity contribution is 5.76. The zero-order valence-corrected chi connectivity index (χ0v) is 9.58. The van der Waals surface area contributed by atoms with Crippen LogP contribution in [0.15, 0.2) is 43.0 Å². The van der Waals surface area contributed by atoms with Crippen molar-refractivity contribution in [3.63, 3.8) is 0 Å². The highest BCUT2D eigenvalue weighted by Crippen LogP contribution is 2.09. The van der Waals surface area contributed by atoms with E-state index in [4.69, 9.17) is 0 Å². The third-order valence-corrected chi connectivity index (χ3v) is 2.43. The zero-order valence-electron chi connectivity index (χ0n) is 9.58. The third kappa shape index (κ3) is 3.14. The molecule has 1 N–H and O–H groups in total. The van der Waals surface area contributed by atoms with Crippen molar-refractivity contribution < 1.29 is 4.79 Å². The molecule has 17 heavy (non-hydrogen) atoms. The van der Waals surface area contributed by atoms with Crippen molar-refractivity contribution in [1.82, 2.24) is 20.1 Å². The van der Waals surface area contributed by atoms with Crippen LogP contribution in [0.3, 0.4) is 0 Å². The molecule has 5 heteroatoms. The van der Waals surface area contributed by atoms with Crippen LogP contribution in [0.5, 0.6) is 0 Å². The van der Waals surface area contributed by atoms with E-state index in [9.17, 15) is 4.79 Å². The monoisotopic (exact) mass is 230 g/mol. The molecule has 0 fully saturated rings. The molecule has 1 amide bonds. The minimum atomic E-state index is -0.0648. The van der Waals surface area contributed by atoms with Crippen molar-refractivity contribution in [3.8, 4) is 0 Å². The number of carbonyl (C=O) groups excluding carboxylic acids is 1. The maximum Gasteiger partial charge on any atom is 0.242 e. The summed E-state index contributed by atoms with van der Waals surface area (Å²) in [6, 6.07) is 5.53. The van der Waals surface area contributed by atoms with Crippen LogP contribution in [0.2, 0.25) is 0 Å². The molecule has 0 aromatic carbocycles. The first-order valence-electron chi connectivity index (χ1n) is 5.42. The van der Waals surface area contributed by atoms with Gasteiger partial charge in [0.05, 0.1) is 6.04 Å². The largest absolute Gasteiger partial charge is 0.348 e. The number of hydrogen-bond acceptors (Lipinski definition) is 3. The Kier molecular flexibility index (Phi) is 3.49. The molecule has 0 saturated carbocycles. The van der Waals surface area contributed by atoms with Crippen LogP contribution in [0.25, 0.3) is 0 Å². The first-order chi connectivity index (χ1) is 8.25. The van der Waals surface area contributed by atoms with Gasteiger partial charge in [-0.2, -0.15) is 5.10 Å². The minimum Gasteiger partial charge on any atom is -0.348 e. The van der Waals surface area contributed by atoms with Gasteiger partial charge in [0.1, 0.15) is 6.54 Å². The van der Waals surface area contributed by atoms with Crippen molar-refractivity contribution >= 4 is 5.91 Å². The Morgan fingerprint density at radius 3 is 3.00 bits per heavy atom. The molecule has 2 aromatic rings. The van der Waals surface area contributed by atoms with E-state index in [0.29, 0.717) is 0 Å². The van der Waals surface area contributed by atoms with Gasteiger partial charge in [0, 0.05) is 24.8 Å². The number of hydrogen-bond donors (Lipinski definition) is 1. The van der Waals surface area contributed by atoms with Crippen molar-refractivity contribution in [1.29, 1.82) is 0 Å². The first-order valence-corrected chi connectivity index (χ1v) is 5.42. The third-order valence-electron chi connectivity index (χ3n) is 2.43. The number of pyridine rings is 1. The Hall–Kier alpha value is -2.17. The molecule has 2 aromatic heterocycles. The molecular weight excluding hydrogens is 216 g/mol. The second-order valence-corrected chi connectivity index (χ2v) is 3.78. The lowest BCUT2D eigenvalue weighted by atomic mass is 10.1. The smallest absolute Gasteiger partial charge is 0.242 e. The summed E-state index contributed by atoms with van der Waals surface area (Å²) in [5, 5.41) is 6.87. The average Bonchev–Trinajstić information content (AvgIpc) is 2.82. The summed E-state index contributed by atoms with van der Waals surface area (Å²) in [5.41, 5.74) is 0.987. The first kappa shape index (κ1) is 11.3. The summed E-state index contributed by atoms with van der Waals surface area (Å²) in [6.07, 6.45) is 6.87. The van der Waals surface area contributed by atoms with Gasteiger partial charge in [0.15, 0.2) is 0 Å². The number of amides is 1. The summed E-state index contributed by atoms with van der Waals surface area (Å²) >= 11 is 0. The van der Waals surface area contributed by atoms with E-state index in [1.165, 1.54) is 0 Å². The molecule has 0 bridgehead atoms. The molecule has 0 radical (unpaired) electrons. The van der Waals surface area contributed by atoms with Crippen LogP contribution in [-0.4, -0.2) is 20.7 Å². The standard InChI is InChI=1S/C12H14N4O/c1-10(11-4-2-5-13-8-11)15-12(17)9-16-7-3-6-14-16/h2-8,10H,9H2,1H3,(H,15,17)/t10-/m0/s1. The molecule has 2 heterocycles. The van der Waals surface area contributed by atoms with E-state index in [1.54, 1.807) is 35.5 Å². The summed E-state index contributed by atoms with van der Waals surface area (Å²) in [5.74, 6) is -0.0648. The van der Waals surface area contributed by atoms with E-state index in [2.05, 4.69) is 15.4 Å². The van der Waals surface area contributed by atoms with Gasteiger partial charge in [-0.05, 0) is 24.6 Å². The van der Waals surface area contributed by atoms with Gasteiger partial charge < -0.3 is 5.32 Å². The maximum atomic E-state index is 11.7. The van der Waals surface area contributed by atoms with Crippen LogP contribution in [0.4, 0.5) is 0 Å².